The average molecular weight is 144 g/mol. The van der Waals surface area contributed by atoms with Gasteiger partial charge in [0.25, 0.3) is 0 Å². The van der Waals surface area contributed by atoms with Gasteiger partial charge in [-0.05, 0) is 19.4 Å². The normalized spacial score (nSPS) is 10.1. The summed E-state index contributed by atoms with van der Waals surface area (Å²) in [6.07, 6.45) is 0. The minimum absolute atomic E-state index is 0.232. The van der Waals surface area contributed by atoms with E-state index in [2.05, 4.69) is 10.0 Å². The molecule has 5 nitrogen and oxygen atoms in total. The highest BCUT2D eigenvalue weighted by molar-refractivity contribution is 4.50. The van der Waals surface area contributed by atoms with E-state index in [9.17, 15) is 0 Å². The summed E-state index contributed by atoms with van der Waals surface area (Å²) in [5.41, 5.74) is 7.97. The van der Waals surface area contributed by atoms with Gasteiger partial charge < -0.3 is 4.84 Å². The van der Waals surface area contributed by atoms with Crippen molar-refractivity contribution in [3.05, 3.63) is 10.4 Å². The molecule has 0 saturated carbocycles. The van der Waals surface area contributed by atoms with Crippen molar-refractivity contribution in [2.24, 2.45) is 5.11 Å². The maximum atomic E-state index is 7.97. The average Bonchev–Trinajstić information content (AvgIpc) is 1.89. The maximum Gasteiger partial charge on any atom is 0.103 e. The van der Waals surface area contributed by atoms with Crippen molar-refractivity contribution >= 4 is 0 Å². The molecule has 0 amide bonds. The Hall–Kier alpha value is -0.770. The molecule has 0 atom stereocenters. The fraction of sp³-hybridized carbons (Fsp3) is 1.00. The SMILES string of the molecule is CON(CN=[N+]=[N-])C(C)C. The van der Waals surface area contributed by atoms with Crippen LogP contribution in [0.2, 0.25) is 0 Å². The Bertz CT molecular complexity index is 130. The predicted octanol–water partition coefficient (Wildman–Crippen LogP) is 1.53. The van der Waals surface area contributed by atoms with Gasteiger partial charge in [0.05, 0.1) is 7.11 Å². The third kappa shape index (κ3) is 3.29. The molecule has 0 aliphatic carbocycles. The molecule has 0 bridgehead atoms. The zero-order chi connectivity index (χ0) is 7.98. The molecule has 0 spiro atoms. The highest BCUT2D eigenvalue weighted by atomic mass is 16.7. The van der Waals surface area contributed by atoms with Gasteiger partial charge in [-0.1, -0.05) is 5.11 Å². The first-order chi connectivity index (χ1) is 4.72. The second kappa shape index (κ2) is 5.05. The summed E-state index contributed by atoms with van der Waals surface area (Å²) in [5, 5.41) is 4.93. The summed E-state index contributed by atoms with van der Waals surface area (Å²) in [7, 11) is 1.55. The Kier molecular flexibility index (Phi) is 4.66. The molecule has 0 N–H and O–H groups in total. The minimum Gasteiger partial charge on any atom is -0.302 e. The Morgan fingerprint density at radius 1 is 1.70 bits per heavy atom. The number of nitrogens with zero attached hydrogens (tertiary/aromatic N) is 4. The van der Waals surface area contributed by atoms with Crippen molar-refractivity contribution in [2.45, 2.75) is 19.9 Å². The van der Waals surface area contributed by atoms with Crippen LogP contribution in [0.4, 0.5) is 0 Å². The first kappa shape index (κ1) is 9.23. The summed E-state index contributed by atoms with van der Waals surface area (Å²) in [6, 6.07) is 0.232. The van der Waals surface area contributed by atoms with Gasteiger partial charge in [-0.2, -0.15) is 5.06 Å². The van der Waals surface area contributed by atoms with Crippen LogP contribution in [0.25, 0.3) is 10.4 Å². The third-order valence-corrected chi connectivity index (χ3v) is 1.08. The molecule has 0 radical (unpaired) electrons. The van der Waals surface area contributed by atoms with Crippen LogP contribution in [-0.4, -0.2) is 24.9 Å². The second-order valence-electron chi connectivity index (χ2n) is 2.07. The number of rotatable bonds is 4. The Morgan fingerprint density at radius 2 is 2.30 bits per heavy atom. The number of hydrogen-bond acceptors (Lipinski definition) is 3. The standard InChI is InChI=1S/C5H12N4O/c1-5(2)9(10-3)4-7-8-6/h5H,4H2,1-3H3. The van der Waals surface area contributed by atoms with Crippen LogP contribution in [0, 0.1) is 0 Å². The molecular weight excluding hydrogens is 132 g/mol. The van der Waals surface area contributed by atoms with Crippen LogP contribution < -0.4 is 0 Å². The monoisotopic (exact) mass is 144 g/mol. The molecule has 0 aromatic heterocycles. The Balaban J connectivity index is 3.70. The van der Waals surface area contributed by atoms with Crippen molar-refractivity contribution in [3.8, 4) is 0 Å². The van der Waals surface area contributed by atoms with Crippen molar-refractivity contribution in [1.29, 1.82) is 0 Å². The van der Waals surface area contributed by atoms with Crippen LogP contribution in [0.5, 0.6) is 0 Å². The van der Waals surface area contributed by atoms with Gasteiger partial charge in [0.2, 0.25) is 0 Å². The second-order valence-corrected chi connectivity index (χ2v) is 2.07. The van der Waals surface area contributed by atoms with Gasteiger partial charge in [0.1, 0.15) is 6.67 Å². The van der Waals surface area contributed by atoms with E-state index in [-0.39, 0.29) is 12.7 Å². The fourth-order valence-corrected chi connectivity index (χ4v) is 0.522. The zero-order valence-corrected chi connectivity index (χ0v) is 6.48. The predicted molar refractivity (Wildman–Crippen MR) is 38.0 cm³/mol. The summed E-state index contributed by atoms with van der Waals surface area (Å²) in [5.74, 6) is 0. The van der Waals surface area contributed by atoms with E-state index in [4.69, 9.17) is 10.4 Å². The maximum absolute atomic E-state index is 7.97. The summed E-state index contributed by atoms with van der Waals surface area (Å²) in [6.45, 7) is 4.16. The topological polar surface area (TPSA) is 61.2 Å². The van der Waals surface area contributed by atoms with Gasteiger partial charge >= 0.3 is 0 Å². The zero-order valence-electron chi connectivity index (χ0n) is 6.48. The van der Waals surface area contributed by atoms with Crippen molar-refractivity contribution < 1.29 is 4.84 Å². The molecule has 0 aromatic rings. The number of hydrogen-bond donors (Lipinski definition) is 0. The largest absolute Gasteiger partial charge is 0.302 e. The third-order valence-electron chi connectivity index (χ3n) is 1.08. The molecule has 0 rings (SSSR count). The quantitative estimate of drug-likeness (QED) is 0.260. The van der Waals surface area contributed by atoms with Crippen LogP contribution in [0.3, 0.4) is 0 Å². The van der Waals surface area contributed by atoms with E-state index in [1.54, 1.807) is 12.2 Å². The van der Waals surface area contributed by atoms with Crippen LogP contribution >= 0.6 is 0 Å². The highest BCUT2D eigenvalue weighted by Gasteiger charge is 2.04. The molecule has 0 aliphatic heterocycles. The van der Waals surface area contributed by atoms with E-state index < -0.39 is 0 Å². The molecule has 0 aromatic carbocycles. The van der Waals surface area contributed by atoms with Crippen molar-refractivity contribution in [2.75, 3.05) is 13.8 Å². The Morgan fingerprint density at radius 3 is 2.60 bits per heavy atom. The molecule has 0 unspecified atom stereocenters. The van der Waals surface area contributed by atoms with Crippen LogP contribution in [0.1, 0.15) is 13.8 Å². The van der Waals surface area contributed by atoms with E-state index in [0.717, 1.165) is 0 Å². The van der Waals surface area contributed by atoms with E-state index in [1.807, 2.05) is 13.8 Å². The lowest BCUT2D eigenvalue weighted by molar-refractivity contribution is -0.151. The van der Waals surface area contributed by atoms with Crippen molar-refractivity contribution in [3.63, 3.8) is 0 Å². The van der Waals surface area contributed by atoms with Gasteiger partial charge in [-0.25, -0.2) is 0 Å². The molecule has 10 heavy (non-hydrogen) atoms. The summed E-state index contributed by atoms with van der Waals surface area (Å²) in [4.78, 5) is 7.49. The molecule has 58 valence electrons. The van der Waals surface area contributed by atoms with E-state index >= 15 is 0 Å². The fourth-order valence-electron chi connectivity index (χ4n) is 0.522. The Labute approximate surface area is 60.2 Å². The van der Waals surface area contributed by atoms with Crippen LogP contribution in [0.15, 0.2) is 5.11 Å². The molecule has 5 heteroatoms. The molecule has 0 fully saturated rings. The smallest absolute Gasteiger partial charge is 0.103 e. The van der Waals surface area contributed by atoms with Crippen LogP contribution in [-0.2, 0) is 4.84 Å². The number of hydroxylamine groups is 2. The summed E-state index contributed by atoms with van der Waals surface area (Å²) >= 11 is 0. The first-order valence-corrected chi connectivity index (χ1v) is 3.04. The van der Waals surface area contributed by atoms with Gasteiger partial charge in [0, 0.05) is 11.0 Å². The minimum atomic E-state index is 0.232. The van der Waals surface area contributed by atoms with Crippen molar-refractivity contribution in [1.82, 2.24) is 5.06 Å². The summed E-state index contributed by atoms with van der Waals surface area (Å²) < 4.78 is 0. The molecule has 0 aliphatic rings. The van der Waals surface area contributed by atoms with E-state index in [1.165, 1.54) is 0 Å². The van der Waals surface area contributed by atoms with E-state index in [0.29, 0.717) is 0 Å². The highest BCUT2D eigenvalue weighted by Crippen LogP contribution is 1.96. The van der Waals surface area contributed by atoms with Gasteiger partial charge in [-0.15, -0.1) is 0 Å². The lowest BCUT2D eigenvalue weighted by Gasteiger charge is -2.20. The number of azide groups is 1. The lowest BCUT2D eigenvalue weighted by Crippen LogP contribution is -2.29. The van der Waals surface area contributed by atoms with Gasteiger partial charge in [0.15, 0.2) is 0 Å². The first-order valence-electron chi connectivity index (χ1n) is 3.04. The molecule has 0 saturated heterocycles. The lowest BCUT2D eigenvalue weighted by atomic mass is 10.4. The van der Waals surface area contributed by atoms with Gasteiger partial charge in [-0.3, -0.25) is 0 Å². The molecular formula is C5H12N4O. The molecule has 0 heterocycles.